The van der Waals surface area contributed by atoms with Crippen LogP contribution < -0.4 is 5.56 Å². The lowest BCUT2D eigenvalue weighted by molar-refractivity contribution is 0.0460. The summed E-state index contributed by atoms with van der Waals surface area (Å²) in [5.41, 5.74) is 1.74. The van der Waals surface area contributed by atoms with Gasteiger partial charge in [0, 0.05) is 18.0 Å². The SMILES string of the molecule is Cc1cccc2nc(COC(=O)c3ccccn3)cc(=O)n12. The molecular weight excluding hydrogens is 282 g/mol. The van der Waals surface area contributed by atoms with Gasteiger partial charge in [-0.15, -0.1) is 0 Å². The highest BCUT2D eigenvalue weighted by Gasteiger charge is 2.10. The highest BCUT2D eigenvalue weighted by Crippen LogP contribution is 2.05. The number of rotatable bonds is 3. The van der Waals surface area contributed by atoms with Crippen LogP contribution in [-0.4, -0.2) is 20.3 Å². The highest BCUT2D eigenvalue weighted by atomic mass is 16.5. The Balaban J connectivity index is 1.83. The Labute approximate surface area is 126 Å². The second kappa shape index (κ2) is 5.77. The van der Waals surface area contributed by atoms with Crippen molar-refractivity contribution in [3.63, 3.8) is 0 Å². The molecule has 110 valence electrons. The van der Waals surface area contributed by atoms with E-state index in [4.69, 9.17) is 4.74 Å². The highest BCUT2D eigenvalue weighted by molar-refractivity contribution is 5.87. The first-order chi connectivity index (χ1) is 10.6. The smallest absolute Gasteiger partial charge is 0.357 e. The fraction of sp³-hybridized carbons (Fsp3) is 0.125. The molecule has 3 heterocycles. The third-order valence-electron chi connectivity index (χ3n) is 3.16. The molecule has 0 saturated carbocycles. The number of esters is 1. The van der Waals surface area contributed by atoms with Crippen molar-refractivity contribution in [2.45, 2.75) is 13.5 Å². The van der Waals surface area contributed by atoms with Crippen LogP contribution in [-0.2, 0) is 11.3 Å². The van der Waals surface area contributed by atoms with Gasteiger partial charge in [-0.3, -0.25) is 9.20 Å². The molecule has 6 heteroatoms. The third-order valence-corrected chi connectivity index (χ3v) is 3.16. The molecule has 6 nitrogen and oxygen atoms in total. The number of hydrogen-bond acceptors (Lipinski definition) is 5. The Morgan fingerprint density at radius 3 is 2.86 bits per heavy atom. The Hall–Kier alpha value is -3.02. The summed E-state index contributed by atoms with van der Waals surface area (Å²) in [6.07, 6.45) is 1.51. The zero-order chi connectivity index (χ0) is 15.5. The van der Waals surface area contributed by atoms with E-state index in [0.717, 1.165) is 5.69 Å². The quantitative estimate of drug-likeness (QED) is 0.688. The molecule has 0 atom stereocenters. The van der Waals surface area contributed by atoms with Gasteiger partial charge in [-0.1, -0.05) is 12.1 Å². The number of nitrogens with zero attached hydrogens (tertiary/aromatic N) is 3. The summed E-state index contributed by atoms with van der Waals surface area (Å²) in [6.45, 7) is 1.76. The van der Waals surface area contributed by atoms with Crippen LogP contribution >= 0.6 is 0 Å². The topological polar surface area (TPSA) is 73.6 Å². The van der Waals surface area contributed by atoms with E-state index in [9.17, 15) is 9.59 Å². The zero-order valence-electron chi connectivity index (χ0n) is 11.9. The maximum atomic E-state index is 12.1. The first-order valence-corrected chi connectivity index (χ1v) is 6.71. The van der Waals surface area contributed by atoms with Crippen LogP contribution in [0.4, 0.5) is 0 Å². The van der Waals surface area contributed by atoms with E-state index in [2.05, 4.69) is 9.97 Å². The van der Waals surface area contributed by atoms with E-state index in [1.165, 1.54) is 16.7 Å². The predicted molar refractivity (Wildman–Crippen MR) is 79.6 cm³/mol. The maximum absolute atomic E-state index is 12.1. The summed E-state index contributed by atoms with van der Waals surface area (Å²) in [5.74, 6) is -0.549. The minimum absolute atomic E-state index is 0.0743. The van der Waals surface area contributed by atoms with Gasteiger partial charge in [0.15, 0.2) is 0 Å². The van der Waals surface area contributed by atoms with Crippen molar-refractivity contribution >= 4 is 11.6 Å². The Kier molecular flexibility index (Phi) is 3.65. The Morgan fingerprint density at radius 1 is 1.23 bits per heavy atom. The van der Waals surface area contributed by atoms with Gasteiger partial charge in [0.05, 0.1) is 5.69 Å². The molecule has 0 saturated heterocycles. The number of hydrogen-bond donors (Lipinski definition) is 0. The molecule has 3 aromatic rings. The number of carbonyl (C=O) groups is 1. The predicted octanol–water partition coefficient (Wildman–Crippen LogP) is 1.75. The molecular formula is C16H13N3O3. The van der Waals surface area contributed by atoms with Gasteiger partial charge >= 0.3 is 5.97 Å². The van der Waals surface area contributed by atoms with E-state index in [0.29, 0.717) is 11.3 Å². The fourth-order valence-electron chi connectivity index (χ4n) is 2.13. The molecule has 3 rings (SSSR count). The molecule has 0 amide bonds. The van der Waals surface area contributed by atoms with E-state index in [-0.39, 0.29) is 17.9 Å². The lowest BCUT2D eigenvalue weighted by atomic mass is 10.3. The molecule has 0 aliphatic heterocycles. The van der Waals surface area contributed by atoms with Gasteiger partial charge in [-0.25, -0.2) is 14.8 Å². The maximum Gasteiger partial charge on any atom is 0.357 e. The van der Waals surface area contributed by atoms with Crippen LogP contribution in [0.1, 0.15) is 21.9 Å². The molecule has 0 aliphatic carbocycles. The molecule has 0 radical (unpaired) electrons. The molecule has 0 bridgehead atoms. The van der Waals surface area contributed by atoms with Crippen molar-refractivity contribution in [3.8, 4) is 0 Å². The average molecular weight is 295 g/mol. The van der Waals surface area contributed by atoms with Crippen LogP contribution in [0.3, 0.4) is 0 Å². The summed E-state index contributed by atoms with van der Waals surface area (Å²) in [4.78, 5) is 32.2. The van der Waals surface area contributed by atoms with Crippen LogP contribution in [0.2, 0.25) is 0 Å². The zero-order valence-corrected chi connectivity index (χ0v) is 11.9. The van der Waals surface area contributed by atoms with E-state index < -0.39 is 5.97 Å². The normalized spacial score (nSPS) is 10.6. The number of aromatic nitrogens is 3. The molecule has 0 aliphatic rings. The minimum Gasteiger partial charge on any atom is -0.454 e. The first-order valence-electron chi connectivity index (χ1n) is 6.71. The van der Waals surface area contributed by atoms with E-state index in [1.807, 2.05) is 19.1 Å². The minimum atomic E-state index is -0.549. The van der Waals surface area contributed by atoms with Crippen LogP contribution in [0, 0.1) is 6.92 Å². The second-order valence-corrected chi connectivity index (χ2v) is 4.74. The summed E-state index contributed by atoms with van der Waals surface area (Å²) in [6, 6.07) is 11.7. The molecule has 0 spiro atoms. The standard InChI is InChI=1S/C16H13N3O3/c1-11-5-4-7-14-18-12(9-15(20)19(11)14)10-22-16(21)13-6-2-3-8-17-13/h2-9H,10H2,1H3. The van der Waals surface area contributed by atoms with Crippen molar-refractivity contribution < 1.29 is 9.53 Å². The largest absolute Gasteiger partial charge is 0.454 e. The van der Waals surface area contributed by atoms with Crippen molar-refractivity contribution in [1.29, 1.82) is 0 Å². The van der Waals surface area contributed by atoms with Crippen molar-refractivity contribution in [3.05, 3.63) is 76.1 Å². The third kappa shape index (κ3) is 2.71. The fourth-order valence-corrected chi connectivity index (χ4v) is 2.13. The van der Waals surface area contributed by atoms with E-state index >= 15 is 0 Å². The molecule has 0 aromatic carbocycles. The van der Waals surface area contributed by atoms with E-state index in [1.54, 1.807) is 24.3 Å². The number of fused-ring (bicyclic) bond motifs is 1. The van der Waals surface area contributed by atoms with Gasteiger partial charge < -0.3 is 4.74 Å². The molecule has 22 heavy (non-hydrogen) atoms. The number of aryl methyl sites for hydroxylation is 1. The number of pyridine rings is 2. The van der Waals surface area contributed by atoms with Gasteiger partial charge in [-0.05, 0) is 31.2 Å². The van der Waals surface area contributed by atoms with Gasteiger partial charge in [0.25, 0.3) is 5.56 Å². The summed E-state index contributed by atoms with van der Waals surface area (Å²) >= 11 is 0. The number of ether oxygens (including phenoxy) is 1. The van der Waals surface area contributed by atoms with Crippen LogP contribution in [0.25, 0.3) is 5.65 Å². The van der Waals surface area contributed by atoms with Crippen molar-refractivity contribution in [2.75, 3.05) is 0 Å². The van der Waals surface area contributed by atoms with Gasteiger partial charge in [0.2, 0.25) is 0 Å². The number of carbonyl (C=O) groups excluding carboxylic acids is 1. The summed E-state index contributed by atoms with van der Waals surface area (Å²) in [5, 5.41) is 0. The molecule has 0 N–H and O–H groups in total. The molecule has 3 aromatic heterocycles. The van der Waals surface area contributed by atoms with Crippen LogP contribution in [0.5, 0.6) is 0 Å². The Morgan fingerprint density at radius 2 is 2.09 bits per heavy atom. The summed E-state index contributed by atoms with van der Waals surface area (Å²) in [7, 11) is 0. The second-order valence-electron chi connectivity index (χ2n) is 4.74. The summed E-state index contributed by atoms with van der Waals surface area (Å²) < 4.78 is 6.64. The lowest BCUT2D eigenvalue weighted by Gasteiger charge is -2.07. The Bertz CT molecular complexity index is 888. The first kappa shape index (κ1) is 13.9. The van der Waals surface area contributed by atoms with Gasteiger partial charge in [0.1, 0.15) is 17.9 Å². The van der Waals surface area contributed by atoms with Gasteiger partial charge in [-0.2, -0.15) is 0 Å². The van der Waals surface area contributed by atoms with Crippen LogP contribution in [0.15, 0.2) is 53.5 Å². The average Bonchev–Trinajstić information content (AvgIpc) is 2.53. The van der Waals surface area contributed by atoms with Crippen molar-refractivity contribution in [2.24, 2.45) is 0 Å². The monoisotopic (exact) mass is 295 g/mol. The molecule has 0 unspecified atom stereocenters. The lowest BCUT2D eigenvalue weighted by Crippen LogP contribution is -2.18. The molecule has 0 fully saturated rings. The van der Waals surface area contributed by atoms with Crippen molar-refractivity contribution in [1.82, 2.24) is 14.4 Å².